The molecular formula is C24H18Cl2N2O2. The first-order chi connectivity index (χ1) is 14.5. The van der Waals surface area contributed by atoms with Crippen molar-refractivity contribution in [2.75, 3.05) is 5.32 Å². The third kappa shape index (κ3) is 5.64. The van der Waals surface area contributed by atoms with Crippen molar-refractivity contribution in [2.24, 2.45) is 0 Å². The summed E-state index contributed by atoms with van der Waals surface area (Å²) in [5, 5.41) is 13.3. The Labute approximate surface area is 185 Å². The van der Waals surface area contributed by atoms with E-state index in [0.29, 0.717) is 27.0 Å². The Bertz CT molecular complexity index is 1150. The molecule has 0 spiro atoms. The summed E-state index contributed by atoms with van der Waals surface area (Å²) < 4.78 is 5.89. The highest BCUT2D eigenvalue weighted by Gasteiger charge is 2.12. The number of nitriles is 1. The van der Waals surface area contributed by atoms with Gasteiger partial charge >= 0.3 is 0 Å². The smallest absolute Gasteiger partial charge is 0.266 e. The average Bonchev–Trinajstić information content (AvgIpc) is 2.72. The molecule has 150 valence electrons. The van der Waals surface area contributed by atoms with Gasteiger partial charge in [-0.05, 0) is 55.0 Å². The van der Waals surface area contributed by atoms with Crippen LogP contribution in [0.15, 0.2) is 72.3 Å². The van der Waals surface area contributed by atoms with Crippen molar-refractivity contribution in [3.63, 3.8) is 0 Å². The summed E-state index contributed by atoms with van der Waals surface area (Å²) in [6.45, 7) is 2.16. The number of carbonyl (C=O) groups is 1. The summed E-state index contributed by atoms with van der Waals surface area (Å²) in [7, 11) is 0. The van der Waals surface area contributed by atoms with Crippen LogP contribution in [0.25, 0.3) is 6.08 Å². The molecule has 0 atom stereocenters. The molecule has 1 amide bonds. The molecule has 0 aromatic heterocycles. The minimum absolute atomic E-state index is 0.0682. The van der Waals surface area contributed by atoms with Gasteiger partial charge in [0.2, 0.25) is 0 Å². The topological polar surface area (TPSA) is 62.1 Å². The van der Waals surface area contributed by atoms with E-state index in [1.54, 1.807) is 30.3 Å². The number of amides is 1. The van der Waals surface area contributed by atoms with Crippen LogP contribution in [-0.4, -0.2) is 5.91 Å². The van der Waals surface area contributed by atoms with Gasteiger partial charge in [-0.1, -0.05) is 53.5 Å². The van der Waals surface area contributed by atoms with E-state index in [4.69, 9.17) is 27.9 Å². The molecule has 30 heavy (non-hydrogen) atoms. The fourth-order valence-electron chi connectivity index (χ4n) is 2.76. The molecule has 0 unspecified atom stereocenters. The molecule has 0 bridgehead atoms. The third-order valence-electron chi connectivity index (χ3n) is 4.25. The Morgan fingerprint density at radius 1 is 1.10 bits per heavy atom. The van der Waals surface area contributed by atoms with E-state index < -0.39 is 5.91 Å². The predicted molar refractivity (Wildman–Crippen MR) is 121 cm³/mol. The zero-order valence-electron chi connectivity index (χ0n) is 16.2. The molecule has 0 heterocycles. The van der Waals surface area contributed by atoms with E-state index in [-0.39, 0.29) is 12.2 Å². The van der Waals surface area contributed by atoms with Crippen molar-refractivity contribution < 1.29 is 9.53 Å². The second-order valence-corrected chi connectivity index (χ2v) is 7.40. The summed E-state index contributed by atoms with van der Waals surface area (Å²) in [4.78, 5) is 12.6. The van der Waals surface area contributed by atoms with E-state index in [1.165, 1.54) is 6.08 Å². The van der Waals surface area contributed by atoms with Gasteiger partial charge in [0.1, 0.15) is 24.0 Å². The second kappa shape index (κ2) is 9.98. The maximum atomic E-state index is 12.6. The minimum atomic E-state index is -0.514. The second-order valence-electron chi connectivity index (χ2n) is 6.56. The van der Waals surface area contributed by atoms with Crippen LogP contribution in [0.2, 0.25) is 10.0 Å². The van der Waals surface area contributed by atoms with Crippen LogP contribution in [0.1, 0.15) is 16.7 Å². The van der Waals surface area contributed by atoms with Crippen molar-refractivity contribution in [1.82, 2.24) is 0 Å². The number of nitrogens with zero attached hydrogens (tertiary/aromatic N) is 1. The standard InChI is InChI=1S/C24H18Cl2N2O2/c1-16-5-4-7-21(11-16)28-24(29)19(14-27)12-18-13-20(25)9-10-23(18)30-15-17-6-2-3-8-22(17)26/h2-13H,15H2,1H3,(H,28,29)/b19-12+. The number of anilines is 1. The SMILES string of the molecule is Cc1cccc(NC(=O)/C(C#N)=C/c2cc(Cl)ccc2OCc2ccccc2Cl)c1. The summed E-state index contributed by atoms with van der Waals surface area (Å²) >= 11 is 12.3. The Balaban J connectivity index is 1.84. The monoisotopic (exact) mass is 436 g/mol. The zero-order chi connectivity index (χ0) is 21.5. The van der Waals surface area contributed by atoms with Crippen LogP contribution >= 0.6 is 23.2 Å². The molecule has 3 aromatic rings. The van der Waals surface area contributed by atoms with Crippen molar-refractivity contribution in [2.45, 2.75) is 13.5 Å². The maximum Gasteiger partial charge on any atom is 0.266 e. The van der Waals surface area contributed by atoms with E-state index in [2.05, 4.69) is 5.32 Å². The lowest BCUT2D eigenvalue weighted by atomic mass is 10.1. The lowest BCUT2D eigenvalue weighted by molar-refractivity contribution is -0.112. The van der Waals surface area contributed by atoms with Gasteiger partial charge in [0, 0.05) is 26.9 Å². The number of hydrogen-bond acceptors (Lipinski definition) is 3. The van der Waals surface area contributed by atoms with Crippen molar-refractivity contribution >= 4 is 40.9 Å². The molecule has 0 saturated heterocycles. The number of ether oxygens (including phenoxy) is 1. The Hall–Kier alpha value is -3.26. The highest BCUT2D eigenvalue weighted by molar-refractivity contribution is 6.31. The van der Waals surface area contributed by atoms with Gasteiger partial charge in [-0.25, -0.2) is 0 Å². The van der Waals surface area contributed by atoms with Crippen molar-refractivity contribution in [3.8, 4) is 11.8 Å². The molecule has 0 fully saturated rings. The van der Waals surface area contributed by atoms with E-state index >= 15 is 0 Å². The Morgan fingerprint density at radius 3 is 2.63 bits per heavy atom. The first kappa shape index (κ1) is 21.4. The van der Waals surface area contributed by atoms with Gasteiger partial charge in [-0.3, -0.25) is 4.79 Å². The van der Waals surface area contributed by atoms with E-state index in [9.17, 15) is 10.1 Å². The van der Waals surface area contributed by atoms with Crippen LogP contribution < -0.4 is 10.1 Å². The fraction of sp³-hybridized carbons (Fsp3) is 0.0833. The number of nitrogens with one attached hydrogen (secondary N) is 1. The number of aryl methyl sites for hydroxylation is 1. The summed E-state index contributed by atoms with van der Waals surface area (Å²) in [5.74, 6) is -0.0319. The zero-order valence-corrected chi connectivity index (χ0v) is 17.7. The molecule has 4 nitrogen and oxygen atoms in total. The molecule has 1 N–H and O–H groups in total. The molecule has 0 aliphatic heterocycles. The number of halogens is 2. The van der Waals surface area contributed by atoms with Crippen LogP contribution in [0.5, 0.6) is 5.75 Å². The largest absolute Gasteiger partial charge is 0.488 e. The molecular weight excluding hydrogens is 419 g/mol. The average molecular weight is 437 g/mol. The third-order valence-corrected chi connectivity index (χ3v) is 4.86. The molecule has 0 saturated carbocycles. The van der Waals surface area contributed by atoms with Crippen LogP contribution in [0, 0.1) is 18.3 Å². The van der Waals surface area contributed by atoms with Crippen molar-refractivity contribution in [3.05, 3.63) is 99.0 Å². The van der Waals surface area contributed by atoms with Gasteiger partial charge < -0.3 is 10.1 Å². The van der Waals surface area contributed by atoms with Gasteiger partial charge in [0.15, 0.2) is 0 Å². The fourth-order valence-corrected chi connectivity index (χ4v) is 3.13. The van der Waals surface area contributed by atoms with Gasteiger partial charge in [-0.15, -0.1) is 0 Å². The van der Waals surface area contributed by atoms with Crippen molar-refractivity contribution in [1.29, 1.82) is 5.26 Å². The molecule has 0 aliphatic rings. The lowest BCUT2D eigenvalue weighted by Gasteiger charge is -2.11. The van der Waals surface area contributed by atoms with Gasteiger partial charge in [-0.2, -0.15) is 5.26 Å². The lowest BCUT2D eigenvalue weighted by Crippen LogP contribution is -2.13. The highest BCUT2D eigenvalue weighted by Crippen LogP contribution is 2.27. The number of carbonyl (C=O) groups excluding carboxylic acids is 1. The maximum absolute atomic E-state index is 12.6. The molecule has 3 aromatic carbocycles. The Morgan fingerprint density at radius 2 is 1.90 bits per heavy atom. The summed E-state index contributed by atoms with van der Waals surface area (Å²) in [6, 6.07) is 21.7. The summed E-state index contributed by atoms with van der Waals surface area (Å²) in [5.41, 5.74) is 2.89. The first-order valence-electron chi connectivity index (χ1n) is 9.12. The van der Waals surface area contributed by atoms with E-state index in [0.717, 1.165) is 11.1 Å². The Kier molecular flexibility index (Phi) is 7.13. The number of rotatable bonds is 6. The molecule has 0 aliphatic carbocycles. The number of hydrogen-bond donors (Lipinski definition) is 1. The summed E-state index contributed by atoms with van der Waals surface area (Å²) in [6.07, 6.45) is 1.46. The number of benzene rings is 3. The van der Waals surface area contributed by atoms with Gasteiger partial charge in [0.05, 0.1) is 0 Å². The minimum Gasteiger partial charge on any atom is -0.488 e. The molecule has 6 heteroatoms. The van der Waals surface area contributed by atoms with E-state index in [1.807, 2.05) is 49.4 Å². The molecule has 3 rings (SSSR count). The first-order valence-corrected chi connectivity index (χ1v) is 9.87. The quantitative estimate of drug-likeness (QED) is 0.357. The van der Waals surface area contributed by atoms with Crippen LogP contribution in [0.3, 0.4) is 0 Å². The molecule has 0 radical (unpaired) electrons. The highest BCUT2D eigenvalue weighted by atomic mass is 35.5. The van der Waals surface area contributed by atoms with Gasteiger partial charge in [0.25, 0.3) is 5.91 Å². The normalized spacial score (nSPS) is 10.9. The van der Waals surface area contributed by atoms with Crippen LogP contribution in [-0.2, 0) is 11.4 Å². The predicted octanol–water partition coefficient (Wildman–Crippen LogP) is 6.43. The van der Waals surface area contributed by atoms with Crippen LogP contribution in [0.4, 0.5) is 5.69 Å².